The first-order chi connectivity index (χ1) is 12.9. The summed E-state index contributed by atoms with van der Waals surface area (Å²) in [4.78, 5) is 12.3. The number of carbonyl (C=O) groups excluding carboxylic acids is 1. The van der Waals surface area contributed by atoms with Crippen molar-refractivity contribution < 1.29 is 23.8 Å². The van der Waals surface area contributed by atoms with Gasteiger partial charge >= 0.3 is 0 Å². The van der Waals surface area contributed by atoms with Gasteiger partial charge in [-0.05, 0) is 48.2 Å². The van der Waals surface area contributed by atoms with Crippen LogP contribution in [0.15, 0.2) is 42.5 Å². The third-order valence-electron chi connectivity index (χ3n) is 4.07. The summed E-state index contributed by atoms with van der Waals surface area (Å²) in [7, 11) is 1.51. The number of carbonyl (C=O) groups is 1. The normalized spacial score (nSPS) is 11.9. The van der Waals surface area contributed by atoms with Crippen LogP contribution >= 0.6 is 0 Å². The van der Waals surface area contributed by atoms with Crippen LogP contribution in [0.3, 0.4) is 0 Å². The zero-order chi connectivity index (χ0) is 19.8. The maximum Gasteiger partial charge on any atom is 0.251 e. The van der Waals surface area contributed by atoms with Crippen LogP contribution < -0.4 is 14.8 Å². The molecule has 1 atom stereocenters. The lowest BCUT2D eigenvalue weighted by Gasteiger charge is -2.14. The van der Waals surface area contributed by atoms with Gasteiger partial charge < -0.3 is 19.9 Å². The Bertz CT molecular complexity index is 764. The summed E-state index contributed by atoms with van der Waals surface area (Å²) in [6.07, 6.45) is -0.0752. The first kappa shape index (κ1) is 20.7. The number of halogens is 1. The number of hydrogen-bond donors (Lipinski definition) is 2. The van der Waals surface area contributed by atoms with Gasteiger partial charge in [-0.25, -0.2) is 4.39 Å². The summed E-state index contributed by atoms with van der Waals surface area (Å²) in [5.41, 5.74) is 0.788. The molecular formula is C21H26FNO4. The van der Waals surface area contributed by atoms with Crippen molar-refractivity contribution in [3.8, 4) is 11.5 Å². The molecule has 0 bridgehead atoms. The molecule has 2 rings (SSSR count). The van der Waals surface area contributed by atoms with E-state index in [9.17, 15) is 14.3 Å². The average Bonchev–Trinajstić information content (AvgIpc) is 2.65. The Hall–Kier alpha value is -2.60. The minimum atomic E-state index is -0.995. The summed E-state index contributed by atoms with van der Waals surface area (Å²) >= 11 is 0. The van der Waals surface area contributed by atoms with Crippen LogP contribution in [0.25, 0.3) is 0 Å². The molecule has 0 aliphatic carbocycles. The third-order valence-corrected chi connectivity index (χ3v) is 4.07. The Labute approximate surface area is 159 Å². The molecule has 0 fully saturated rings. The fourth-order valence-corrected chi connectivity index (χ4v) is 2.46. The summed E-state index contributed by atoms with van der Waals surface area (Å²) < 4.78 is 24.2. The predicted molar refractivity (Wildman–Crippen MR) is 102 cm³/mol. The Kier molecular flexibility index (Phi) is 7.61. The average molecular weight is 375 g/mol. The van der Waals surface area contributed by atoms with E-state index in [-0.39, 0.29) is 12.5 Å². The molecule has 0 spiro atoms. The van der Waals surface area contributed by atoms with E-state index in [0.29, 0.717) is 35.2 Å². The van der Waals surface area contributed by atoms with Crippen LogP contribution in [-0.4, -0.2) is 31.3 Å². The lowest BCUT2D eigenvalue weighted by atomic mass is 10.1. The monoisotopic (exact) mass is 375 g/mol. The number of aliphatic hydroxyl groups is 1. The van der Waals surface area contributed by atoms with Gasteiger partial charge in [0.1, 0.15) is 5.82 Å². The van der Waals surface area contributed by atoms with E-state index in [2.05, 4.69) is 19.2 Å². The molecule has 27 heavy (non-hydrogen) atoms. The SMILES string of the molecule is COc1cc(C(=O)NCC(O)c2cccc(F)c2)ccc1OCCC(C)C. The number of rotatable bonds is 9. The number of methoxy groups -OCH3 is 1. The zero-order valence-electron chi connectivity index (χ0n) is 15.9. The van der Waals surface area contributed by atoms with Crippen LogP contribution in [-0.2, 0) is 0 Å². The van der Waals surface area contributed by atoms with Crippen molar-refractivity contribution in [1.82, 2.24) is 5.32 Å². The Morgan fingerprint density at radius 2 is 1.96 bits per heavy atom. The summed E-state index contributed by atoms with van der Waals surface area (Å²) in [6.45, 7) is 4.77. The molecule has 0 aliphatic heterocycles. The quantitative estimate of drug-likeness (QED) is 0.701. The van der Waals surface area contributed by atoms with E-state index in [1.165, 1.54) is 25.3 Å². The smallest absolute Gasteiger partial charge is 0.251 e. The minimum Gasteiger partial charge on any atom is -0.493 e. The first-order valence-electron chi connectivity index (χ1n) is 8.93. The van der Waals surface area contributed by atoms with Gasteiger partial charge in [-0.1, -0.05) is 26.0 Å². The fourth-order valence-electron chi connectivity index (χ4n) is 2.46. The van der Waals surface area contributed by atoms with Crippen LogP contribution in [0.1, 0.15) is 42.3 Å². The van der Waals surface area contributed by atoms with Gasteiger partial charge in [-0.3, -0.25) is 4.79 Å². The summed E-state index contributed by atoms with van der Waals surface area (Å²) in [5.74, 6) is 0.783. The largest absolute Gasteiger partial charge is 0.493 e. The van der Waals surface area contributed by atoms with Crippen molar-refractivity contribution in [1.29, 1.82) is 0 Å². The lowest BCUT2D eigenvalue weighted by molar-refractivity contribution is 0.0916. The molecule has 5 nitrogen and oxygen atoms in total. The molecule has 2 N–H and O–H groups in total. The van der Waals surface area contributed by atoms with E-state index in [4.69, 9.17) is 9.47 Å². The van der Waals surface area contributed by atoms with Crippen molar-refractivity contribution in [2.45, 2.75) is 26.4 Å². The highest BCUT2D eigenvalue weighted by Gasteiger charge is 2.14. The van der Waals surface area contributed by atoms with Crippen LogP contribution in [0.4, 0.5) is 4.39 Å². The Balaban J connectivity index is 1.97. The second-order valence-corrected chi connectivity index (χ2v) is 6.68. The van der Waals surface area contributed by atoms with Gasteiger partial charge in [0.15, 0.2) is 11.5 Å². The van der Waals surface area contributed by atoms with Crippen molar-refractivity contribution in [3.63, 3.8) is 0 Å². The topological polar surface area (TPSA) is 67.8 Å². The van der Waals surface area contributed by atoms with Crippen LogP contribution in [0.2, 0.25) is 0 Å². The van der Waals surface area contributed by atoms with Gasteiger partial charge in [-0.15, -0.1) is 0 Å². The van der Waals surface area contributed by atoms with Gasteiger partial charge in [0.05, 0.1) is 19.8 Å². The lowest BCUT2D eigenvalue weighted by Crippen LogP contribution is -2.28. The molecule has 6 heteroatoms. The van der Waals surface area contributed by atoms with Gasteiger partial charge in [0, 0.05) is 12.1 Å². The molecule has 0 heterocycles. The number of benzene rings is 2. The van der Waals surface area contributed by atoms with Crippen molar-refractivity contribution in [2.75, 3.05) is 20.3 Å². The van der Waals surface area contributed by atoms with Gasteiger partial charge in [0.2, 0.25) is 0 Å². The minimum absolute atomic E-state index is 0.0305. The number of nitrogens with one attached hydrogen (secondary N) is 1. The van der Waals surface area contributed by atoms with E-state index in [0.717, 1.165) is 6.42 Å². The summed E-state index contributed by atoms with van der Waals surface area (Å²) in [6, 6.07) is 10.6. The highest BCUT2D eigenvalue weighted by Crippen LogP contribution is 2.28. The molecule has 1 amide bonds. The molecule has 0 saturated heterocycles. The zero-order valence-corrected chi connectivity index (χ0v) is 15.9. The highest BCUT2D eigenvalue weighted by molar-refractivity contribution is 5.94. The molecular weight excluding hydrogens is 349 g/mol. The summed E-state index contributed by atoms with van der Waals surface area (Å²) in [5, 5.41) is 12.7. The molecule has 0 aromatic heterocycles. The first-order valence-corrected chi connectivity index (χ1v) is 8.93. The maximum atomic E-state index is 13.2. The van der Waals surface area contributed by atoms with E-state index in [1.54, 1.807) is 24.3 Å². The van der Waals surface area contributed by atoms with E-state index in [1.807, 2.05) is 0 Å². The fraction of sp³-hybridized carbons (Fsp3) is 0.381. The van der Waals surface area contributed by atoms with Gasteiger partial charge in [-0.2, -0.15) is 0 Å². The second-order valence-electron chi connectivity index (χ2n) is 6.68. The second kappa shape index (κ2) is 9.92. The molecule has 146 valence electrons. The predicted octanol–water partition coefficient (Wildman–Crippen LogP) is 3.72. The van der Waals surface area contributed by atoms with Crippen molar-refractivity contribution in [2.24, 2.45) is 5.92 Å². The van der Waals surface area contributed by atoms with Crippen molar-refractivity contribution in [3.05, 3.63) is 59.4 Å². The number of aliphatic hydroxyl groups excluding tert-OH is 1. The number of amides is 1. The molecule has 2 aromatic rings. The highest BCUT2D eigenvalue weighted by atomic mass is 19.1. The van der Waals surface area contributed by atoms with Crippen LogP contribution in [0.5, 0.6) is 11.5 Å². The number of hydrogen-bond acceptors (Lipinski definition) is 4. The molecule has 2 aromatic carbocycles. The van der Waals surface area contributed by atoms with Crippen LogP contribution in [0, 0.1) is 11.7 Å². The van der Waals surface area contributed by atoms with E-state index < -0.39 is 11.9 Å². The van der Waals surface area contributed by atoms with Gasteiger partial charge in [0.25, 0.3) is 5.91 Å². The van der Waals surface area contributed by atoms with E-state index >= 15 is 0 Å². The standard InChI is InChI=1S/C21H26FNO4/c1-14(2)9-10-27-19-8-7-16(12-20(19)26-3)21(25)23-13-18(24)15-5-4-6-17(22)11-15/h4-8,11-12,14,18,24H,9-10,13H2,1-3H3,(H,23,25). The van der Waals surface area contributed by atoms with Crippen molar-refractivity contribution >= 4 is 5.91 Å². The Morgan fingerprint density at radius 1 is 1.19 bits per heavy atom. The molecule has 0 aliphatic rings. The molecule has 0 saturated carbocycles. The third kappa shape index (κ3) is 6.25. The molecule has 0 radical (unpaired) electrons. The molecule has 1 unspecified atom stereocenters. The maximum absolute atomic E-state index is 13.2. The Morgan fingerprint density at radius 3 is 2.63 bits per heavy atom. The number of ether oxygens (including phenoxy) is 2.